The maximum Gasteiger partial charge on any atom is -0.0394 e. The van der Waals surface area contributed by atoms with Gasteiger partial charge in [0, 0.05) is 0 Å². The molecule has 0 fully saturated rings. The van der Waals surface area contributed by atoms with E-state index in [1.807, 2.05) is 0 Å². The largest absolute Gasteiger partial charge is 0.110 e. The third kappa shape index (κ3) is 2.91. The van der Waals surface area contributed by atoms with Crippen molar-refractivity contribution >= 4 is 12.2 Å². The SMILES string of the molecule is C=C(C)C(C)=P(C)(C)C. The third-order valence-electron chi connectivity index (χ3n) is 1.62. The Morgan fingerprint density at radius 3 is 1.44 bits per heavy atom. The van der Waals surface area contributed by atoms with E-state index in [4.69, 9.17) is 0 Å². The zero-order valence-electron chi connectivity index (χ0n) is 7.15. The minimum absolute atomic E-state index is 0.746. The Bertz CT molecular complexity index is 161. The molecule has 0 amide bonds. The molecule has 0 aromatic rings. The average Bonchev–Trinajstić information content (AvgIpc) is 1.62. The van der Waals surface area contributed by atoms with Gasteiger partial charge >= 0.3 is 0 Å². The van der Waals surface area contributed by atoms with Crippen LogP contribution in [0.3, 0.4) is 0 Å². The molecule has 0 nitrogen and oxygen atoms in total. The van der Waals surface area contributed by atoms with Crippen LogP contribution in [-0.4, -0.2) is 25.3 Å². The molecule has 0 aliphatic carbocycles. The molecular formula is C8H17P. The van der Waals surface area contributed by atoms with Crippen LogP contribution in [0, 0.1) is 0 Å². The maximum atomic E-state index is 3.91. The molecule has 0 saturated heterocycles. The van der Waals surface area contributed by atoms with Crippen LogP contribution in [-0.2, 0) is 0 Å². The molecule has 0 rings (SSSR count). The smallest absolute Gasteiger partial charge is 0.0394 e. The van der Waals surface area contributed by atoms with E-state index in [-0.39, 0.29) is 0 Å². The molecule has 0 saturated carbocycles. The van der Waals surface area contributed by atoms with E-state index in [9.17, 15) is 0 Å². The summed E-state index contributed by atoms with van der Waals surface area (Å²) >= 11 is 0. The Kier molecular flexibility index (Phi) is 2.76. The van der Waals surface area contributed by atoms with Crippen LogP contribution in [0.2, 0.25) is 0 Å². The molecule has 0 bridgehead atoms. The number of hydrogen-bond acceptors (Lipinski definition) is 0. The van der Waals surface area contributed by atoms with Crippen LogP contribution in [0.15, 0.2) is 12.2 Å². The quantitative estimate of drug-likeness (QED) is 0.496. The van der Waals surface area contributed by atoms with E-state index in [0.717, 1.165) is 0 Å². The van der Waals surface area contributed by atoms with Gasteiger partial charge in [-0.1, -0.05) is 17.4 Å². The van der Waals surface area contributed by atoms with Crippen LogP contribution >= 0.6 is 6.89 Å². The lowest BCUT2D eigenvalue weighted by Crippen LogP contribution is -1.94. The topological polar surface area (TPSA) is 0 Å². The minimum atomic E-state index is -0.746. The summed E-state index contributed by atoms with van der Waals surface area (Å²) in [6, 6.07) is 0. The highest BCUT2D eigenvalue weighted by atomic mass is 31.2. The van der Waals surface area contributed by atoms with Gasteiger partial charge in [-0.05, 0) is 33.8 Å². The first-order valence-corrected chi connectivity index (χ1v) is 6.30. The molecule has 0 N–H and O–H groups in total. The Hall–Kier alpha value is 0.0400. The van der Waals surface area contributed by atoms with Gasteiger partial charge in [-0.25, -0.2) is 0 Å². The Labute approximate surface area is 58.9 Å². The normalized spacial score (nSPS) is 11.2. The second kappa shape index (κ2) is 2.75. The van der Waals surface area contributed by atoms with Crippen molar-refractivity contribution in [2.75, 3.05) is 20.0 Å². The van der Waals surface area contributed by atoms with Crippen molar-refractivity contribution in [3.05, 3.63) is 12.2 Å². The molecule has 0 aromatic heterocycles. The van der Waals surface area contributed by atoms with Crippen molar-refractivity contribution in [3.63, 3.8) is 0 Å². The van der Waals surface area contributed by atoms with E-state index in [2.05, 4.69) is 40.4 Å². The number of allylic oxidation sites excluding steroid dienone is 1. The van der Waals surface area contributed by atoms with Crippen molar-refractivity contribution in [1.29, 1.82) is 0 Å². The summed E-state index contributed by atoms with van der Waals surface area (Å²) in [5.41, 5.74) is 1.25. The fraction of sp³-hybridized carbons (Fsp3) is 0.625. The summed E-state index contributed by atoms with van der Waals surface area (Å²) in [4.78, 5) is 0. The molecule has 9 heavy (non-hydrogen) atoms. The van der Waals surface area contributed by atoms with Gasteiger partial charge in [-0.15, -0.1) is 6.89 Å². The van der Waals surface area contributed by atoms with Crippen molar-refractivity contribution in [2.45, 2.75) is 13.8 Å². The second-order valence-electron chi connectivity index (χ2n) is 3.38. The summed E-state index contributed by atoms with van der Waals surface area (Å²) in [6.45, 7) is 14.4. The van der Waals surface area contributed by atoms with Crippen molar-refractivity contribution in [2.24, 2.45) is 0 Å². The lowest BCUT2D eigenvalue weighted by atomic mass is 10.3. The fourth-order valence-electron chi connectivity index (χ4n) is 0.573. The molecule has 1 heteroatoms. The van der Waals surface area contributed by atoms with E-state index < -0.39 is 6.89 Å². The van der Waals surface area contributed by atoms with Gasteiger partial charge in [0.2, 0.25) is 0 Å². The Morgan fingerprint density at radius 2 is 1.44 bits per heavy atom. The summed E-state index contributed by atoms with van der Waals surface area (Å²) in [7, 11) is 0. The van der Waals surface area contributed by atoms with Crippen molar-refractivity contribution < 1.29 is 0 Å². The second-order valence-corrected chi connectivity index (χ2v) is 8.07. The highest BCUT2D eigenvalue weighted by Gasteiger charge is 2.00. The highest BCUT2D eigenvalue weighted by Crippen LogP contribution is 2.36. The molecule has 0 spiro atoms. The van der Waals surface area contributed by atoms with Gasteiger partial charge in [-0.3, -0.25) is 0 Å². The van der Waals surface area contributed by atoms with Crippen molar-refractivity contribution in [3.8, 4) is 0 Å². The molecule has 54 valence electrons. The average molecular weight is 144 g/mol. The molecule has 0 heterocycles. The van der Waals surface area contributed by atoms with Gasteiger partial charge in [0.25, 0.3) is 0 Å². The monoisotopic (exact) mass is 144 g/mol. The first-order chi connectivity index (χ1) is 3.85. The molecule has 0 aliphatic heterocycles. The molecule has 0 atom stereocenters. The zero-order chi connectivity index (χ0) is 7.65. The first kappa shape index (κ1) is 9.04. The van der Waals surface area contributed by atoms with Crippen LogP contribution < -0.4 is 0 Å². The standard InChI is InChI=1S/C8H17P/c1-7(2)8(3)9(4,5)6/h1H2,2-6H3. The summed E-state index contributed by atoms with van der Waals surface area (Å²) < 4.78 is 0. The minimum Gasteiger partial charge on any atom is -0.110 e. The lowest BCUT2D eigenvalue weighted by Gasteiger charge is -2.13. The zero-order valence-corrected chi connectivity index (χ0v) is 8.05. The van der Waals surface area contributed by atoms with E-state index in [1.165, 1.54) is 10.9 Å². The van der Waals surface area contributed by atoms with E-state index >= 15 is 0 Å². The third-order valence-corrected chi connectivity index (χ3v) is 4.02. The lowest BCUT2D eigenvalue weighted by molar-refractivity contribution is 1.62. The van der Waals surface area contributed by atoms with Gasteiger partial charge in [0.15, 0.2) is 0 Å². The molecule has 0 aliphatic rings. The van der Waals surface area contributed by atoms with Gasteiger partial charge in [0.1, 0.15) is 0 Å². The highest BCUT2D eigenvalue weighted by molar-refractivity contribution is 7.74. The Balaban J connectivity index is 4.72. The van der Waals surface area contributed by atoms with Crippen LogP contribution in [0.1, 0.15) is 13.8 Å². The molecule has 0 radical (unpaired) electrons. The van der Waals surface area contributed by atoms with Gasteiger partial charge in [0.05, 0.1) is 0 Å². The summed E-state index contributed by atoms with van der Waals surface area (Å²) in [5.74, 6) is 0. The van der Waals surface area contributed by atoms with Crippen LogP contribution in [0.5, 0.6) is 0 Å². The first-order valence-electron chi connectivity index (χ1n) is 3.17. The fourth-order valence-corrected chi connectivity index (χ4v) is 1.72. The van der Waals surface area contributed by atoms with E-state index in [1.54, 1.807) is 0 Å². The number of hydrogen-bond donors (Lipinski definition) is 0. The molecule has 0 aromatic carbocycles. The Morgan fingerprint density at radius 1 is 1.11 bits per heavy atom. The van der Waals surface area contributed by atoms with Crippen molar-refractivity contribution in [1.82, 2.24) is 0 Å². The van der Waals surface area contributed by atoms with Gasteiger partial charge < -0.3 is 0 Å². The summed E-state index contributed by atoms with van der Waals surface area (Å²) in [6.07, 6.45) is 0. The van der Waals surface area contributed by atoms with E-state index in [0.29, 0.717) is 0 Å². The molecular weight excluding hydrogens is 127 g/mol. The van der Waals surface area contributed by atoms with Crippen LogP contribution in [0.25, 0.3) is 0 Å². The maximum absolute atomic E-state index is 3.91. The van der Waals surface area contributed by atoms with Gasteiger partial charge in [-0.2, -0.15) is 0 Å². The molecule has 0 unspecified atom stereocenters. The predicted octanol–water partition coefficient (Wildman–Crippen LogP) is 2.66. The summed E-state index contributed by atoms with van der Waals surface area (Å²) in [5, 5.41) is 1.50. The predicted molar refractivity (Wildman–Crippen MR) is 50.2 cm³/mol. The van der Waals surface area contributed by atoms with Crippen LogP contribution in [0.4, 0.5) is 0 Å². The number of rotatable bonds is 1.